The van der Waals surface area contributed by atoms with Gasteiger partial charge in [0.05, 0.1) is 24.3 Å². The quantitative estimate of drug-likeness (QED) is 0.864. The van der Waals surface area contributed by atoms with Crippen LogP contribution in [0.2, 0.25) is 0 Å². The number of furan rings is 1. The Labute approximate surface area is 136 Å². The Morgan fingerprint density at radius 3 is 2.70 bits per heavy atom. The highest BCUT2D eigenvalue weighted by atomic mass is 32.2. The molecule has 0 bridgehead atoms. The van der Waals surface area contributed by atoms with E-state index in [1.54, 1.807) is 11.2 Å². The maximum absolute atomic E-state index is 12.2. The summed E-state index contributed by atoms with van der Waals surface area (Å²) >= 11 is 0. The van der Waals surface area contributed by atoms with Gasteiger partial charge in [-0.3, -0.25) is 4.90 Å². The first kappa shape index (κ1) is 16.3. The highest BCUT2D eigenvalue weighted by Gasteiger charge is 2.29. The highest BCUT2D eigenvalue weighted by molar-refractivity contribution is 7.91. The molecule has 0 spiro atoms. The molecule has 2 aliphatic heterocycles. The molecule has 7 nitrogen and oxygen atoms in total. The summed E-state index contributed by atoms with van der Waals surface area (Å²) < 4.78 is 28.2. The van der Waals surface area contributed by atoms with Gasteiger partial charge in [-0.25, -0.2) is 13.2 Å². The summed E-state index contributed by atoms with van der Waals surface area (Å²) in [6.07, 6.45) is 2.32. The molecule has 1 N–H and O–H groups in total. The normalized spacial score (nSPS) is 24.7. The van der Waals surface area contributed by atoms with Crippen LogP contribution in [-0.2, 0) is 16.4 Å². The number of rotatable bonds is 4. The second kappa shape index (κ2) is 6.92. The number of hydrogen-bond donors (Lipinski definition) is 1. The van der Waals surface area contributed by atoms with Gasteiger partial charge in [-0.1, -0.05) is 0 Å². The minimum Gasteiger partial charge on any atom is -0.468 e. The van der Waals surface area contributed by atoms with Gasteiger partial charge in [0.15, 0.2) is 9.84 Å². The molecular formula is C15H23N3O4S. The van der Waals surface area contributed by atoms with Gasteiger partial charge in [0, 0.05) is 32.7 Å². The maximum Gasteiger partial charge on any atom is 0.317 e. The monoisotopic (exact) mass is 341 g/mol. The summed E-state index contributed by atoms with van der Waals surface area (Å²) in [5.74, 6) is 1.44. The number of urea groups is 1. The average Bonchev–Trinajstić information content (AvgIpc) is 3.15. The lowest BCUT2D eigenvalue weighted by atomic mass is 10.1. The predicted molar refractivity (Wildman–Crippen MR) is 85.7 cm³/mol. The number of carbonyl (C=O) groups excluding carboxylic acids is 1. The van der Waals surface area contributed by atoms with Gasteiger partial charge < -0.3 is 14.6 Å². The van der Waals surface area contributed by atoms with Crippen molar-refractivity contribution in [1.82, 2.24) is 15.1 Å². The van der Waals surface area contributed by atoms with Crippen LogP contribution in [0.1, 0.15) is 12.2 Å². The molecule has 3 rings (SSSR count). The van der Waals surface area contributed by atoms with E-state index in [1.165, 1.54) is 0 Å². The summed E-state index contributed by atoms with van der Waals surface area (Å²) in [5, 5.41) is 2.88. The smallest absolute Gasteiger partial charge is 0.317 e. The lowest BCUT2D eigenvalue weighted by molar-refractivity contribution is 0.129. The predicted octanol–water partition coefficient (Wildman–Crippen LogP) is 0.542. The number of carbonyl (C=O) groups is 1. The van der Waals surface area contributed by atoms with Crippen LogP contribution >= 0.6 is 0 Å². The average molecular weight is 341 g/mol. The first-order valence-corrected chi connectivity index (χ1v) is 9.82. The fraction of sp³-hybridized carbons (Fsp3) is 0.667. The van der Waals surface area contributed by atoms with Gasteiger partial charge >= 0.3 is 6.03 Å². The molecule has 0 radical (unpaired) electrons. The van der Waals surface area contributed by atoms with E-state index < -0.39 is 9.84 Å². The van der Waals surface area contributed by atoms with Crippen molar-refractivity contribution in [2.75, 3.05) is 44.2 Å². The van der Waals surface area contributed by atoms with Crippen molar-refractivity contribution in [3.8, 4) is 0 Å². The molecular weight excluding hydrogens is 318 g/mol. The van der Waals surface area contributed by atoms with Crippen molar-refractivity contribution >= 4 is 15.9 Å². The largest absolute Gasteiger partial charge is 0.468 e. The molecule has 1 aromatic heterocycles. The Morgan fingerprint density at radius 1 is 1.30 bits per heavy atom. The summed E-state index contributed by atoms with van der Waals surface area (Å²) in [6, 6.07) is 3.74. The van der Waals surface area contributed by atoms with Crippen molar-refractivity contribution in [3.05, 3.63) is 24.2 Å². The van der Waals surface area contributed by atoms with E-state index >= 15 is 0 Å². The number of sulfone groups is 1. The molecule has 0 aliphatic carbocycles. The Kier molecular flexibility index (Phi) is 4.91. The zero-order valence-electron chi connectivity index (χ0n) is 13.1. The van der Waals surface area contributed by atoms with Crippen LogP contribution in [0.15, 0.2) is 22.8 Å². The number of nitrogens with zero attached hydrogens (tertiary/aromatic N) is 2. The summed E-state index contributed by atoms with van der Waals surface area (Å²) in [7, 11) is -2.88. The van der Waals surface area contributed by atoms with Crippen LogP contribution in [0, 0.1) is 5.92 Å². The zero-order valence-corrected chi connectivity index (χ0v) is 13.9. The van der Waals surface area contributed by atoms with Gasteiger partial charge in [0.2, 0.25) is 0 Å². The van der Waals surface area contributed by atoms with Gasteiger partial charge in [0.25, 0.3) is 0 Å². The molecule has 2 fully saturated rings. The van der Waals surface area contributed by atoms with Crippen LogP contribution in [-0.4, -0.2) is 68.5 Å². The molecule has 0 unspecified atom stereocenters. The first-order chi connectivity index (χ1) is 11.0. The van der Waals surface area contributed by atoms with E-state index in [1.807, 2.05) is 12.1 Å². The number of hydrogen-bond acceptors (Lipinski definition) is 5. The molecule has 128 valence electrons. The van der Waals surface area contributed by atoms with Crippen LogP contribution in [0.25, 0.3) is 0 Å². The molecule has 8 heteroatoms. The third-order valence-corrected chi connectivity index (χ3v) is 6.32. The van der Waals surface area contributed by atoms with E-state index in [2.05, 4.69) is 10.2 Å². The molecule has 1 atom stereocenters. The molecule has 3 heterocycles. The number of piperazine rings is 1. The fourth-order valence-electron chi connectivity index (χ4n) is 3.11. The minimum absolute atomic E-state index is 0.0594. The second-order valence-electron chi connectivity index (χ2n) is 6.30. The molecule has 1 aromatic rings. The first-order valence-electron chi connectivity index (χ1n) is 8.00. The van der Waals surface area contributed by atoms with Gasteiger partial charge in [0.1, 0.15) is 5.76 Å². The van der Waals surface area contributed by atoms with Crippen LogP contribution in [0.3, 0.4) is 0 Å². The maximum atomic E-state index is 12.2. The number of amides is 2. The van der Waals surface area contributed by atoms with Crippen molar-refractivity contribution in [2.45, 2.75) is 13.0 Å². The lowest BCUT2D eigenvalue weighted by Crippen LogP contribution is -2.52. The number of nitrogens with one attached hydrogen (secondary N) is 1. The Hall–Kier alpha value is -1.54. The van der Waals surface area contributed by atoms with E-state index in [0.717, 1.165) is 25.4 Å². The van der Waals surface area contributed by atoms with Crippen LogP contribution in [0.5, 0.6) is 0 Å². The van der Waals surface area contributed by atoms with Crippen LogP contribution in [0.4, 0.5) is 4.79 Å². The summed E-state index contributed by atoms with van der Waals surface area (Å²) in [5.41, 5.74) is 0. The molecule has 2 saturated heterocycles. The summed E-state index contributed by atoms with van der Waals surface area (Å²) in [6.45, 7) is 4.19. The third-order valence-electron chi connectivity index (χ3n) is 4.49. The Bertz CT molecular complexity index is 621. The lowest BCUT2D eigenvalue weighted by Gasteiger charge is -2.34. The second-order valence-corrected chi connectivity index (χ2v) is 8.53. The van der Waals surface area contributed by atoms with E-state index in [-0.39, 0.29) is 23.5 Å². The highest BCUT2D eigenvalue weighted by Crippen LogP contribution is 2.17. The third kappa shape index (κ3) is 4.48. The fourth-order valence-corrected chi connectivity index (χ4v) is 4.97. The Morgan fingerprint density at radius 2 is 2.09 bits per heavy atom. The molecule has 23 heavy (non-hydrogen) atoms. The van der Waals surface area contributed by atoms with Crippen molar-refractivity contribution in [3.63, 3.8) is 0 Å². The van der Waals surface area contributed by atoms with Crippen molar-refractivity contribution < 1.29 is 17.6 Å². The summed E-state index contributed by atoms with van der Waals surface area (Å²) in [4.78, 5) is 16.2. The SMILES string of the molecule is O=C(NC[C@@H]1CCS(=O)(=O)C1)N1CCN(Cc2ccco2)CC1. The topological polar surface area (TPSA) is 82.9 Å². The van der Waals surface area contributed by atoms with Crippen LogP contribution < -0.4 is 5.32 Å². The molecule has 2 aliphatic rings. The van der Waals surface area contributed by atoms with Crippen molar-refractivity contribution in [1.29, 1.82) is 0 Å². The van der Waals surface area contributed by atoms with Gasteiger partial charge in [-0.05, 0) is 24.5 Å². The minimum atomic E-state index is -2.88. The Balaban J connectivity index is 1.38. The standard InChI is InChI=1S/C15H23N3O4S/c19-15(16-10-13-3-9-23(20,21)12-13)18-6-4-17(5-7-18)11-14-2-1-8-22-14/h1-2,8,13H,3-7,9-12H2,(H,16,19)/t13-/m0/s1. The van der Waals surface area contributed by atoms with Crippen molar-refractivity contribution in [2.24, 2.45) is 5.92 Å². The molecule has 0 aromatic carbocycles. The van der Waals surface area contributed by atoms with Gasteiger partial charge in [-0.2, -0.15) is 0 Å². The zero-order chi connectivity index (χ0) is 16.3. The van der Waals surface area contributed by atoms with E-state index in [9.17, 15) is 13.2 Å². The van der Waals surface area contributed by atoms with E-state index in [0.29, 0.717) is 26.1 Å². The van der Waals surface area contributed by atoms with Gasteiger partial charge in [-0.15, -0.1) is 0 Å². The molecule has 2 amide bonds. The molecule has 0 saturated carbocycles. The van der Waals surface area contributed by atoms with E-state index in [4.69, 9.17) is 4.42 Å².